The minimum Gasteiger partial charge on any atom is -0.504 e. The van der Waals surface area contributed by atoms with Crippen LogP contribution in [0.5, 0.6) is 5.75 Å². The molecule has 0 aromatic heterocycles. The number of hydrogen-bond acceptors (Lipinski definition) is 12. The highest BCUT2D eigenvalue weighted by Gasteiger charge is 2.25. The van der Waals surface area contributed by atoms with Crippen LogP contribution in [-0.4, -0.2) is 58.9 Å². The predicted molar refractivity (Wildman–Crippen MR) is 149 cm³/mol. The fourth-order valence-electron chi connectivity index (χ4n) is 3.30. The van der Waals surface area contributed by atoms with Crippen LogP contribution in [0.15, 0.2) is 97.8 Å². The van der Waals surface area contributed by atoms with Gasteiger partial charge in [-0.3, -0.25) is 14.2 Å². The van der Waals surface area contributed by atoms with E-state index in [9.17, 15) is 40.3 Å². The van der Waals surface area contributed by atoms with Crippen LogP contribution >= 0.6 is 0 Å². The van der Waals surface area contributed by atoms with Crippen molar-refractivity contribution in [3.05, 3.63) is 89.3 Å². The van der Waals surface area contributed by atoms with Crippen molar-refractivity contribution in [3.8, 4) is 5.75 Å². The lowest BCUT2D eigenvalue weighted by molar-refractivity contribution is 0.0697. The molecule has 0 bridgehead atoms. The fraction of sp³-hybridized carbons (Fsp3) is 0.0833. The lowest BCUT2D eigenvalue weighted by Crippen LogP contribution is -2.08. The number of nitrogens with zero attached hydrogens (tertiary/aromatic N) is 3. The lowest BCUT2D eigenvalue weighted by Gasteiger charge is -2.12. The summed E-state index contributed by atoms with van der Waals surface area (Å²) in [6.45, 7) is 3.19. The number of phenols is 1. The summed E-state index contributed by atoms with van der Waals surface area (Å²) in [5.74, 6) is -3.46. The van der Waals surface area contributed by atoms with E-state index in [0.717, 1.165) is 25.3 Å². The molecule has 0 saturated heterocycles. The normalized spacial score (nSPS) is 12.8. The molecule has 222 valence electrons. The molecule has 4 N–H and O–H groups in total. The SMILES string of the molecule is C=CS(=O)(=O)c1cc(NN=C(N=Nc2cc(CS(=O)(=O)O)ccc2C(=O)O)c2ccccc2)c(O)c(S(=O)(=O)OC)c1. The minimum absolute atomic E-state index is 0.00446. The molecular weight excluding hydrogens is 616 g/mol. The summed E-state index contributed by atoms with van der Waals surface area (Å²) in [5, 5.41) is 32.5. The van der Waals surface area contributed by atoms with Crippen molar-refractivity contribution >= 4 is 53.3 Å². The molecule has 3 rings (SSSR count). The van der Waals surface area contributed by atoms with E-state index in [1.807, 2.05) is 0 Å². The summed E-state index contributed by atoms with van der Waals surface area (Å²) in [7, 11) is -12.5. The van der Waals surface area contributed by atoms with E-state index in [4.69, 9.17) is 4.55 Å². The van der Waals surface area contributed by atoms with Crippen molar-refractivity contribution in [2.45, 2.75) is 15.5 Å². The molecule has 0 aliphatic rings. The van der Waals surface area contributed by atoms with E-state index in [0.29, 0.717) is 11.5 Å². The molecular formula is C24H22N4O11S3. The molecule has 0 saturated carbocycles. The molecule has 0 aliphatic heterocycles. The number of carboxylic acid groups (broad SMARTS) is 1. The Hall–Kier alpha value is -4.49. The van der Waals surface area contributed by atoms with Gasteiger partial charge in [0.2, 0.25) is 5.84 Å². The second-order valence-corrected chi connectivity index (χ2v) is 13.2. The van der Waals surface area contributed by atoms with Crippen LogP contribution in [0, 0.1) is 0 Å². The predicted octanol–water partition coefficient (Wildman–Crippen LogP) is 3.29. The fourth-order valence-corrected chi connectivity index (χ4v) is 5.53. The average Bonchev–Trinajstić information content (AvgIpc) is 2.93. The molecule has 0 unspecified atom stereocenters. The number of aromatic carboxylic acids is 1. The first-order valence-corrected chi connectivity index (χ1v) is 15.8. The zero-order chi connectivity index (χ0) is 31.3. The Morgan fingerprint density at radius 1 is 1.02 bits per heavy atom. The summed E-state index contributed by atoms with van der Waals surface area (Å²) in [6.07, 6.45) is 0. The number of carboxylic acids is 1. The number of benzene rings is 3. The molecule has 0 aliphatic carbocycles. The van der Waals surface area contributed by atoms with Crippen LogP contribution in [0.4, 0.5) is 11.4 Å². The van der Waals surface area contributed by atoms with Crippen LogP contribution in [0.3, 0.4) is 0 Å². The van der Waals surface area contributed by atoms with Crippen LogP contribution in [0.1, 0.15) is 21.5 Å². The maximum Gasteiger partial charge on any atom is 0.337 e. The Morgan fingerprint density at radius 2 is 1.69 bits per heavy atom. The highest BCUT2D eigenvalue weighted by Crippen LogP contribution is 2.36. The summed E-state index contributed by atoms with van der Waals surface area (Å²) < 4.78 is 85.7. The molecule has 18 heteroatoms. The molecule has 0 amide bonds. The van der Waals surface area contributed by atoms with E-state index in [1.54, 1.807) is 18.2 Å². The van der Waals surface area contributed by atoms with E-state index < -0.39 is 63.0 Å². The molecule has 0 atom stereocenters. The molecule has 3 aromatic rings. The maximum atomic E-state index is 12.4. The number of azo groups is 1. The van der Waals surface area contributed by atoms with Crippen molar-refractivity contribution in [2.75, 3.05) is 12.5 Å². The Morgan fingerprint density at radius 3 is 2.26 bits per heavy atom. The number of phenolic OH excluding ortho intramolecular Hbond substituents is 1. The summed E-state index contributed by atoms with van der Waals surface area (Å²) in [5.41, 5.74) is 1.45. The number of amidine groups is 1. The highest BCUT2D eigenvalue weighted by atomic mass is 32.2. The van der Waals surface area contributed by atoms with Crippen LogP contribution < -0.4 is 5.43 Å². The summed E-state index contributed by atoms with van der Waals surface area (Å²) in [4.78, 5) is 10.2. The van der Waals surface area contributed by atoms with Gasteiger partial charge >= 0.3 is 16.1 Å². The molecule has 0 heterocycles. The van der Waals surface area contributed by atoms with Crippen molar-refractivity contribution in [3.63, 3.8) is 0 Å². The second kappa shape index (κ2) is 12.6. The van der Waals surface area contributed by atoms with Crippen molar-refractivity contribution < 1.29 is 49.0 Å². The first kappa shape index (κ1) is 32.0. The van der Waals surface area contributed by atoms with Crippen molar-refractivity contribution in [2.24, 2.45) is 15.3 Å². The molecule has 15 nitrogen and oxygen atoms in total. The Kier molecular flexibility index (Phi) is 9.59. The second-order valence-electron chi connectivity index (χ2n) is 8.15. The monoisotopic (exact) mass is 638 g/mol. The number of hydrogen-bond donors (Lipinski definition) is 4. The Balaban J connectivity index is 2.18. The summed E-state index contributed by atoms with van der Waals surface area (Å²) >= 11 is 0. The zero-order valence-corrected chi connectivity index (χ0v) is 23.9. The van der Waals surface area contributed by atoms with Crippen molar-refractivity contribution in [1.82, 2.24) is 0 Å². The third kappa shape index (κ3) is 7.83. The number of hydrazone groups is 1. The van der Waals surface area contributed by atoms with Gasteiger partial charge in [0.15, 0.2) is 15.6 Å². The van der Waals surface area contributed by atoms with Gasteiger partial charge in [-0.05, 0) is 29.8 Å². The smallest absolute Gasteiger partial charge is 0.337 e. The standard InChI is InChI=1S/C24H22N4O11S3/c1-3-40(32,33)17-12-20(22(29)21(13-17)42(37,38)39-2)26-28-23(16-7-5-4-6-8-16)27-25-19-11-15(14-41(34,35)36)9-10-18(19)24(30)31/h3-13,26,29H,1,14H2,2H3,(H,30,31)(H,34,35,36). The van der Waals surface area contributed by atoms with Gasteiger partial charge in [-0.2, -0.15) is 21.9 Å². The highest BCUT2D eigenvalue weighted by molar-refractivity contribution is 7.94. The number of aromatic hydroxyl groups is 1. The van der Waals surface area contributed by atoms with Gasteiger partial charge in [-0.25, -0.2) is 13.2 Å². The molecule has 3 aromatic carbocycles. The van der Waals surface area contributed by atoms with Gasteiger partial charge in [-0.1, -0.05) is 43.0 Å². The number of sulfone groups is 1. The molecule has 0 radical (unpaired) electrons. The quantitative estimate of drug-likeness (QED) is 0.0450. The van der Waals surface area contributed by atoms with E-state index in [-0.39, 0.29) is 28.2 Å². The first-order valence-electron chi connectivity index (χ1n) is 11.3. The van der Waals surface area contributed by atoms with Gasteiger partial charge in [0.05, 0.1) is 17.6 Å². The Bertz CT molecular complexity index is 1920. The third-order valence-electron chi connectivity index (χ3n) is 5.29. The van der Waals surface area contributed by atoms with Gasteiger partial charge < -0.3 is 10.2 Å². The van der Waals surface area contributed by atoms with Crippen LogP contribution in [0.25, 0.3) is 0 Å². The molecule has 0 spiro atoms. The third-order valence-corrected chi connectivity index (χ3v) is 8.61. The van der Waals surface area contributed by atoms with Gasteiger partial charge in [0, 0.05) is 11.0 Å². The van der Waals surface area contributed by atoms with E-state index in [2.05, 4.69) is 31.5 Å². The number of carbonyl (C=O) groups is 1. The van der Waals surface area contributed by atoms with E-state index in [1.165, 1.54) is 18.2 Å². The minimum atomic E-state index is -4.60. The van der Waals surface area contributed by atoms with Gasteiger partial charge in [-0.15, -0.1) is 10.2 Å². The number of nitrogens with one attached hydrogen (secondary N) is 1. The maximum absolute atomic E-state index is 12.4. The van der Waals surface area contributed by atoms with Crippen LogP contribution in [0.2, 0.25) is 0 Å². The number of anilines is 1. The Labute approximate surface area is 240 Å². The van der Waals surface area contributed by atoms with Gasteiger partial charge in [0.1, 0.15) is 22.0 Å². The lowest BCUT2D eigenvalue weighted by atomic mass is 10.1. The largest absolute Gasteiger partial charge is 0.504 e. The zero-order valence-electron chi connectivity index (χ0n) is 21.4. The van der Waals surface area contributed by atoms with Crippen molar-refractivity contribution in [1.29, 1.82) is 0 Å². The molecule has 0 fully saturated rings. The van der Waals surface area contributed by atoms with E-state index >= 15 is 0 Å². The van der Waals surface area contributed by atoms with Crippen LogP contribution in [-0.2, 0) is 40.0 Å². The van der Waals surface area contributed by atoms with Gasteiger partial charge in [0.25, 0.3) is 10.1 Å². The summed E-state index contributed by atoms with van der Waals surface area (Å²) in [6, 6.07) is 12.7. The molecule has 42 heavy (non-hydrogen) atoms. The topological polar surface area (TPSA) is 239 Å². The first-order chi connectivity index (χ1) is 19.6. The number of rotatable bonds is 11. The average molecular weight is 639 g/mol.